The fourth-order valence-electron chi connectivity index (χ4n) is 3.03. The Hall–Kier alpha value is -2.59. The molecule has 0 aliphatic heterocycles. The molecule has 1 aliphatic carbocycles. The van der Waals surface area contributed by atoms with E-state index < -0.39 is 0 Å². The third-order valence-electron chi connectivity index (χ3n) is 4.54. The van der Waals surface area contributed by atoms with Crippen LogP contribution in [0.15, 0.2) is 48.0 Å². The van der Waals surface area contributed by atoms with Gasteiger partial charge in [-0.1, -0.05) is 12.1 Å². The summed E-state index contributed by atoms with van der Waals surface area (Å²) in [5.74, 6) is 1.76. The third kappa shape index (κ3) is 4.33. The minimum atomic E-state index is 0.111. The van der Waals surface area contributed by atoms with E-state index in [1.165, 1.54) is 0 Å². The number of nitrogens with zero attached hydrogens (tertiary/aromatic N) is 1. The molecule has 0 spiro atoms. The summed E-state index contributed by atoms with van der Waals surface area (Å²) in [5, 5.41) is 0. The van der Waals surface area contributed by atoms with E-state index in [0.29, 0.717) is 6.61 Å². The van der Waals surface area contributed by atoms with E-state index in [2.05, 4.69) is 4.90 Å². The number of hydrogen-bond acceptors (Lipinski definition) is 4. The van der Waals surface area contributed by atoms with Crippen molar-refractivity contribution in [3.8, 4) is 11.5 Å². The molecule has 136 valence electrons. The van der Waals surface area contributed by atoms with Gasteiger partial charge in [-0.2, -0.15) is 0 Å². The number of carbonyl (C=O) groups is 1. The minimum absolute atomic E-state index is 0.111. The van der Waals surface area contributed by atoms with E-state index in [4.69, 9.17) is 9.47 Å². The van der Waals surface area contributed by atoms with E-state index in [0.717, 1.165) is 53.1 Å². The molecular formula is C22H25NO3. The van der Waals surface area contributed by atoms with Crippen molar-refractivity contribution in [1.82, 2.24) is 4.90 Å². The van der Waals surface area contributed by atoms with Crippen LogP contribution in [0.25, 0.3) is 6.08 Å². The number of fused-ring (bicyclic) bond motifs is 1. The number of rotatable bonds is 6. The lowest BCUT2D eigenvalue weighted by molar-refractivity contribution is 0.102. The van der Waals surface area contributed by atoms with Crippen LogP contribution < -0.4 is 9.47 Å². The van der Waals surface area contributed by atoms with Crippen molar-refractivity contribution in [2.75, 3.05) is 34.4 Å². The number of allylic oxidation sites excluding steroid dienone is 1. The van der Waals surface area contributed by atoms with Crippen LogP contribution in [0.4, 0.5) is 0 Å². The fourth-order valence-corrected chi connectivity index (χ4v) is 3.03. The molecule has 26 heavy (non-hydrogen) atoms. The molecule has 0 radical (unpaired) electrons. The monoisotopic (exact) mass is 351 g/mol. The molecule has 0 saturated carbocycles. The van der Waals surface area contributed by atoms with Gasteiger partial charge in [0.15, 0.2) is 5.78 Å². The van der Waals surface area contributed by atoms with Gasteiger partial charge in [-0.05, 0) is 74.5 Å². The van der Waals surface area contributed by atoms with Crippen molar-refractivity contribution in [1.29, 1.82) is 0 Å². The first-order valence-corrected chi connectivity index (χ1v) is 8.86. The van der Waals surface area contributed by atoms with Crippen LogP contribution in [-0.4, -0.2) is 45.0 Å². The number of ketones is 1. The van der Waals surface area contributed by atoms with Gasteiger partial charge in [-0.15, -0.1) is 0 Å². The van der Waals surface area contributed by atoms with Crippen LogP contribution in [0.2, 0.25) is 0 Å². The Morgan fingerprint density at radius 3 is 2.46 bits per heavy atom. The molecule has 2 aromatic rings. The highest BCUT2D eigenvalue weighted by molar-refractivity contribution is 6.13. The molecule has 0 amide bonds. The molecule has 0 aromatic heterocycles. The normalized spacial score (nSPS) is 15.2. The number of ether oxygens (including phenoxy) is 2. The summed E-state index contributed by atoms with van der Waals surface area (Å²) in [7, 11) is 5.69. The van der Waals surface area contributed by atoms with Crippen LogP contribution in [-0.2, 0) is 6.42 Å². The summed E-state index contributed by atoms with van der Waals surface area (Å²) in [6.45, 7) is 1.54. The molecule has 0 N–H and O–H groups in total. The second kappa shape index (κ2) is 8.19. The topological polar surface area (TPSA) is 38.8 Å². The van der Waals surface area contributed by atoms with Crippen molar-refractivity contribution >= 4 is 11.9 Å². The van der Waals surface area contributed by atoms with E-state index in [1.54, 1.807) is 7.11 Å². The zero-order chi connectivity index (χ0) is 18.5. The molecular weight excluding hydrogens is 326 g/mol. The molecule has 0 unspecified atom stereocenters. The van der Waals surface area contributed by atoms with Crippen molar-refractivity contribution < 1.29 is 14.3 Å². The molecule has 1 aliphatic rings. The summed E-state index contributed by atoms with van der Waals surface area (Å²) in [4.78, 5) is 14.8. The Bertz CT molecular complexity index is 807. The molecule has 0 heterocycles. The summed E-state index contributed by atoms with van der Waals surface area (Å²) >= 11 is 0. The lowest BCUT2D eigenvalue weighted by Gasteiger charge is -2.18. The van der Waals surface area contributed by atoms with E-state index in [9.17, 15) is 4.79 Å². The highest BCUT2D eigenvalue weighted by atomic mass is 16.5. The molecule has 4 heteroatoms. The van der Waals surface area contributed by atoms with Crippen molar-refractivity contribution in [3.05, 3.63) is 64.7 Å². The zero-order valence-electron chi connectivity index (χ0n) is 15.6. The summed E-state index contributed by atoms with van der Waals surface area (Å²) in [6, 6.07) is 13.6. The Morgan fingerprint density at radius 1 is 1.04 bits per heavy atom. The predicted octanol–water partition coefficient (Wildman–Crippen LogP) is 3.85. The van der Waals surface area contributed by atoms with Crippen molar-refractivity contribution in [2.24, 2.45) is 0 Å². The number of carbonyl (C=O) groups excluding carboxylic acids is 1. The fraction of sp³-hybridized carbons (Fsp3) is 0.318. The van der Waals surface area contributed by atoms with Gasteiger partial charge in [0.2, 0.25) is 0 Å². The quantitative estimate of drug-likeness (QED) is 0.741. The molecule has 2 aromatic carbocycles. The van der Waals surface area contributed by atoms with Crippen molar-refractivity contribution in [3.63, 3.8) is 0 Å². The SMILES string of the molecule is COc1ccc2c(c1)CC/C(=C/c1ccc(OCCN(C)C)cc1)C2=O. The number of aryl methyl sites for hydroxylation is 1. The number of Topliss-reactive ketones (excluding diaryl/α,β-unsaturated/α-hetero) is 1. The lowest BCUT2D eigenvalue weighted by atomic mass is 9.86. The van der Waals surface area contributed by atoms with Gasteiger partial charge in [-0.25, -0.2) is 0 Å². The van der Waals surface area contributed by atoms with Crippen LogP contribution in [0.1, 0.15) is 27.9 Å². The molecule has 0 saturated heterocycles. The maximum absolute atomic E-state index is 12.8. The molecule has 0 atom stereocenters. The summed E-state index contributed by atoms with van der Waals surface area (Å²) in [5.41, 5.74) is 3.72. The second-order valence-corrected chi connectivity index (χ2v) is 6.74. The average Bonchev–Trinajstić information content (AvgIpc) is 2.65. The average molecular weight is 351 g/mol. The van der Waals surface area contributed by atoms with Gasteiger partial charge < -0.3 is 14.4 Å². The van der Waals surface area contributed by atoms with Gasteiger partial charge >= 0.3 is 0 Å². The van der Waals surface area contributed by atoms with Gasteiger partial charge in [0.1, 0.15) is 18.1 Å². The highest BCUT2D eigenvalue weighted by Crippen LogP contribution is 2.29. The lowest BCUT2D eigenvalue weighted by Crippen LogP contribution is -2.19. The van der Waals surface area contributed by atoms with Crippen molar-refractivity contribution in [2.45, 2.75) is 12.8 Å². The molecule has 0 bridgehead atoms. The molecule has 4 nitrogen and oxygen atoms in total. The molecule has 3 rings (SSSR count). The standard InChI is InChI=1S/C22H25NO3/c1-23(2)12-13-26-19-8-4-16(5-9-19)14-18-7-6-17-15-20(25-3)10-11-21(17)22(18)24/h4-5,8-11,14-15H,6-7,12-13H2,1-3H3/b18-14-. The summed E-state index contributed by atoms with van der Waals surface area (Å²) in [6.07, 6.45) is 3.59. The smallest absolute Gasteiger partial charge is 0.189 e. The van der Waals surface area contributed by atoms with Gasteiger partial charge in [0.05, 0.1) is 7.11 Å². The highest BCUT2D eigenvalue weighted by Gasteiger charge is 2.22. The maximum Gasteiger partial charge on any atom is 0.189 e. The Kier molecular flexibility index (Phi) is 5.74. The second-order valence-electron chi connectivity index (χ2n) is 6.74. The van der Waals surface area contributed by atoms with E-state index in [-0.39, 0.29) is 5.78 Å². The number of methoxy groups -OCH3 is 1. The van der Waals surface area contributed by atoms with E-state index >= 15 is 0 Å². The van der Waals surface area contributed by atoms with Gasteiger partial charge in [0.25, 0.3) is 0 Å². The Morgan fingerprint density at radius 2 is 1.77 bits per heavy atom. The largest absolute Gasteiger partial charge is 0.497 e. The number of hydrogen-bond donors (Lipinski definition) is 0. The zero-order valence-corrected chi connectivity index (χ0v) is 15.6. The van der Waals surface area contributed by atoms with Gasteiger partial charge in [0, 0.05) is 17.7 Å². The maximum atomic E-state index is 12.8. The summed E-state index contributed by atoms with van der Waals surface area (Å²) < 4.78 is 11.0. The van der Waals surface area contributed by atoms with Crippen LogP contribution >= 0.6 is 0 Å². The number of likely N-dealkylation sites (N-methyl/N-ethyl adjacent to an activating group) is 1. The predicted molar refractivity (Wildman–Crippen MR) is 104 cm³/mol. The molecule has 0 fully saturated rings. The van der Waals surface area contributed by atoms with Crippen LogP contribution in [0, 0.1) is 0 Å². The first-order valence-electron chi connectivity index (χ1n) is 8.86. The minimum Gasteiger partial charge on any atom is -0.497 e. The van der Waals surface area contributed by atoms with Crippen LogP contribution in [0.3, 0.4) is 0 Å². The van der Waals surface area contributed by atoms with Gasteiger partial charge in [-0.3, -0.25) is 4.79 Å². The van der Waals surface area contributed by atoms with E-state index in [1.807, 2.05) is 62.6 Å². The van der Waals surface area contributed by atoms with Crippen LogP contribution in [0.5, 0.6) is 11.5 Å². The Balaban J connectivity index is 1.71. The first-order chi connectivity index (χ1) is 12.6. The Labute approximate surface area is 155 Å². The third-order valence-corrected chi connectivity index (χ3v) is 4.54. The number of benzene rings is 2. The first kappa shape index (κ1) is 18.2.